The third kappa shape index (κ3) is 3.38. The molecule has 0 N–H and O–H groups in total. The number of nitrogens with zero attached hydrogens (tertiary/aromatic N) is 2. The summed E-state index contributed by atoms with van der Waals surface area (Å²) in [6, 6.07) is 8.05. The number of rotatable bonds is 3. The second kappa shape index (κ2) is 5.93. The summed E-state index contributed by atoms with van der Waals surface area (Å²) in [4.78, 5) is 17.7. The number of amides is 1. The van der Waals surface area contributed by atoms with E-state index in [0.717, 1.165) is 5.56 Å². The van der Waals surface area contributed by atoms with Crippen molar-refractivity contribution in [2.45, 2.75) is 6.54 Å². The molecule has 1 aromatic carbocycles. The zero-order valence-corrected chi connectivity index (χ0v) is 11.9. The monoisotopic (exact) mass is 322 g/mol. The number of carbonyl (C=O) groups is 1. The maximum atomic E-state index is 13.4. The molecule has 0 atom stereocenters. The third-order valence-electron chi connectivity index (χ3n) is 2.66. The van der Waals surface area contributed by atoms with Gasteiger partial charge in [-0.05, 0) is 45.8 Å². The summed E-state index contributed by atoms with van der Waals surface area (Å²) >= 11 is 3.06. The van der Waals surface area contributed by atoms with Gasteiger partial charge in [0.2, 0.25) is 0 Å². The number of benzene rings is 1. The molecule has 1 aromatic heterocycles. The maximum Gasteiger partial charge on any atom is 0.254 e. The van der Waals surface area contributed by atoms with Gasteiger partial charge in [-0.25, -0.2) is 4.39 Å². The minimum absolute atomic E-state index is 0.227. The summed E-state index contributed by atoms with van der Waals surface area (Å²) in [6.45, 7) is 0.435. The molecule has 3 nitrogen and oxygen atoms in total. The van der Waals surface area contributed by atoms with Crippen LogP contribution in [0.15, 0.2) is 47.2 Å². The lowest BCUT2D eigenvalue weighted by atomic mass is 10.2. The van der Waals surface area contributed by atoms with E-state index in [0.29, 0.717) is 16.6 Å². The van der Waals surface area contributed by atoms with Crippen molar-refractivity contribution in [3.8, 4) is 0 Å². The lowest BCUT2D eigenvalue weighted by Crippen LogP contribution is -2.26. The molecule has 0 saturated heterocycles. The molecule has 0 aliphatic heterocycles. The van der Waals surface area contributed by atoms with Gasteiger partial charge in [0.05, 0.1) is 4.47 Å². The Bertz CT molecular complexity index is 589. The van der Waals surface area contributed by atoms with E-state index in [1.807, 2.05) is 12.1 Å². The van der Waals surface area contributed by atoms with E-state index in [1.165, 1.54) is 17.0 Å². The predicted octanol–water partition coefficient (Wildman–Crippen LogP) is 3.26. The largest absolute Gasteiger partial charge is 0.337 e. The number of aromatic nitrogens is 1. The van der Waals surface area contributed by atoms with Crippen LogP contribution in [0.4, 0.5) is 4.39 Å². The van der Waals surface area contributed by atoms with Crippen LogP contribution in [0.25, 0.3) is 0 Å². The second-order valence-corrected chi connectivity index (χ2v) is 5.01. The van der Waals surface area contributed by atoms with Gasteiger partial charge in [0.15, 0.2) is 0 Å². The smallest absolute Gasteiger partial charge is 0.254 e. The van der Waals surface area contributed by atoms with E-state index in [-0.39, 0.29) is 5.91 Å². The van der Waals surface area contributed by atoms with Gasteiger partial charge < -0.3 is 4.90 Å². The van der Waals surface area contributed by atoms with Crippen LogP contribution in [0.2, 0.25) is 0 Å². The fourth-order valence-electron chi connectivity index (χ4n) is 1.69. The molecule has 2 rings (SSSR count). The van der Waals surface area contributed by atoms with Gasteiger partial charge in [-0.3, -0.25) is 9.78 Å². The molecule has 0 aliphatic rings. The number of pyridine rings is 1. The Balaban J connectivity index is 2.12. The Hall–Kier alpha value is -1.75. The molecule has 0 bridgehead atoms. The first-order chi connectivity index (χ1) is 9.08. The summed E-state index contributed by atoms with van der Waals surface area (Å²) in [7, 11) is 1.68. The Kier molecular flexibility index (Phi) is 4.27. The first-order valence-corrected chi connectivity index (χ1v) is 6.46. The lowest BCUT2D eigenvalue weighted by molar-refractivity contribution is 0.0784. The topological polar surface area (TPSA) is 33.2 Å². The van der Waals surface area contributed by atoms with E-state index in [1.54, 1.807) is 25.5 Å². The third-order valence-corrected chi connectivity index (χ3v) is 3.30. The molecule has 98 valence electrons. The highest BCUT2D eigenvalue weighted by Crippen LogP contribution is 2.17. The van der Waals surface area contributed by atoms with Gasteiger partial charge in [-0.15, -0.1) is 0 Å². The van der Waals surface area contributed by atoms with Crippen LogP contribution in [-0.4, -0.2) is 22.8 Å². The average molecular weight is 323 g/mol. The summed E-state index contributed by atoms with van der Waals surface area (Å²) in [6.07, 6.45) is 3.38. The van der Waals surface area contributed by atoms with E-state index >= 15 is 0 Å². The van der Waals surface area contributed by atoms with Crippen LogP contribution in [0.1, 0.15) is 15.9 Å². The van der Waals surface area contributed by atoms with Crippen molar-refractivity contribution >= 4 is 21.8 Å². The second-order valence-electron chi connectivity index (χ2n) is 4.15. The van der Waals surface area contributed by atoms with Crippen LogP contribution in [-0.2, 0) is 6.54 Å². The molecule has 0 radical (unpaired) electrons. The summed E-state index contributed by atoms with van der Waals surface area (Å²) in [5.74, 6) is -0.670. The highest BCUT2D eigenvalue weighted by Gasteiger charge is 2.13. The van der Waals surface area contributed by atoms with Crippen LogP contribution >= 0.6 is 15.9 Å². The normalized spacial score (nSPS) is 10.3. The van der Waals surface area contributed by atoms with Crippen molar-refractivity contribution in [3.05, 3.63) is 64.1 Å². The van der Waals surface area contributed by atoms with E-state index in [2.05, 4.69) is 20.9 Å². The molecule has 0 aliphatic carbocycles. The highest BCUT2D eigenvalue weighted by atomic mass is 79.9. The number of halogens is 2. The van der Waals surface area contributed by atoms with E-state index in [9.17, 15) is 9.18 Å². The number of carbonyl (C=O) groups excluding carboxylic acids is 1. The predicted molar refractivity (Wildman–Crippen MR) is 74.1 cm³/mol. The van der Waals surface area contributed by atoms with Crippen molar-refractivity contribution in [1.82, 2.24) is 9.88 Å². The van der Waals surface area contributed by atoms with Gasteiger partial charge in [0, 0.05) is 31.5 Å². The fourth-order valence-corrected chi connectivity index (χ4v) is 1.93. The van der Waals surface area contributed by atoms with E-state index in [4.69, 9.17) is 0 Å². The Morgan fingerprint density at radius 3 is 2.84 bits per heavy atom. The van der Waals surface area contributed by atoms with Gasteiger partial charge in [-0.2, -0.15) is 0 Å². The van der Waals surface area contributed by atoms with Crippen LogP contribution < -0.4 is 0 Å². The van der Waals surface area contributed by atoms with Crippen LogP contribution in [0, 0.1) is 5.82 Å². The first kappa shape index (κ1) is 13.7. The van der Waals surface area contributed by atoms with Crippen molar-refractivity contribution in [2.75, 3.05) is 7.05 Å². The summed E-state index contributed by atoms with van der Waals surface area (Å²) in [5.41, 5.74) is 1.25. The molecular formula is C14H12BrFN2O. The SMILES string of the molecule is CN(Cc1cccnc1)C(=O)c1ccc(Br)c(F)c1. The molecule has 0 spiro atoms. The Morgan fingerprint density at radius 1 is 1.42 bits per heavy atom. The molecule has 2 aromatic rings. The fraction of sp³-hybridized carbons (Fsp3) is 0.143. The van der Waals surface area contributed by atoms with Gasteiger partial charge in [0.1, 0.15) is 5.82 Å². The van der Waals surface area contributed by atoms with Crippen LogP contribution in [0.3, 0.4) is 0 Å². The minimum atomic E-state index is -0.444. The van der Waals surface area contributed by atoms with Crippen molar-refractivity contribution < 1.29 is 9.18 Å². The zero-order chi connectivity index (χ0) is 13.8. The van der Waals surface area contributed by atoms with Gasteiger partial charge >= 0.3 is 0 Å². The molecular weight excluding hydrogens is 311 g/mol. The Labute approximate surface area is 119 Å². The quantitative estimate of drug-likeness (QED) is 0.869. The average Bonchev–Trinajstić information content (AvgIpc) is 2.42. The highest BCUT2D eigenvalue weighted by molar-refractivity contribution is 9.10. The molecule has 5 heteroatoms. The zero-order valence-electron chi connectivity index (χ0n) is 10.3. The number of hydrogen-bond acceptors (Lipinski definition) is 2. The molecule has 0 unspecified atom stereocenters. The minimum Gasteiger partial charge on any atom is -0.337 e. The molecule has 1 heterocycles. The van der Waals surface area contributed by atoms with Crippen LogP contribution in [0.5, 0.6) is 0 Å². The Morgan fingerprint density at radius 2 is 2.21 bits per heavy atom. The molecule has 0 saturated carbocycles. The van der Waals surface area contributed by atoms with Gasteiger partial charge in [0.25, 0.3) is 5.91 Å². The first-order valence-electron chi connectivity index (χ1n) is 5.67. The molecule has 19 heavy (non-hydrogen) atoms. The summed E-state index contributed by atoms with van der Waals surface area (Å²) < 4.78 is 13.7. The van der Waals surface area contributed by atoms with Gasteiger partial charge in [-0.1, -0.05) is 6.07 Å². The van der Waals surface area contributed by atoms with Crippen molar-refractivity contribution in [3.63, 3.8) is 0 Å². The molecule has 0 fully saturated rings. The number of hydrogen-bond donors (Lipinski definition) is 0. The lowest BCUT2D eigenvalue weighted by Gasteiger charge is -2.17. The van der Waals surface area contributed by atoms with E-state index < -0.39 is 5.82 Å². The van der Waals surface area contributed by atoms with Crippen molar-refractivity contribution in [2.24, 2.45) is 0 Å². The summed E-state index contributed by atoms with van der Waals surface area (Å²) in [5, 5.41) is 0. The molecule has 1 amide bonds. The van der Waals surface area contributed by atoms with Crippen molar-refractivity contribution in [1.29, 1.82) is 0 Å². The maximum absolute atomic E-state index is 13.4. The standard InChI is InChI=1S/C14H12BrFN2O/c1-18(9-10-3-2-6-17-8-10)14(19)11-4-5-12(15)13(16)7-11/h2-8H,9H2,1H3.